The summed E-state index contributed by atoms with van der Waals surface area (Å²) in [5.41, 5.74) is 1.71. The van der Waals surface area contributed by atoms with Crippen LogP contribution in [-0.4, -0.2) is 46.2 Å². The number of pyridine rings is 1. The second kappa shape index (κ2) is 9.24. The predicted molar refractivity (Wildman–Crippen MR) is 130 cm³/mol. The van der Waals surface area contributed by atoms with Crippen molar-refractivity contribution in [3.05, 3.63) is 42.1 Å². The lowest BCUT2D eigenvalue weighted by Crippen LogP contribution is -2.35. The predicted octanol–water partition coefficient (Wildman–Crippen LogP) is 5.61. The van der Waals surface area contributed by atoms with Crippen LogP contribution in [0.2, 0.25) is 0 Å². The third-order valence-electron chi connectivity index (χ3n) is 7.27. The molecule has 1 aliphatic heterocycles. The second-order valence-electron chi connectivity index (χ2n) is 9.99. The molecule has 2 aliphatic carbocycles. The maximum Gasteiger partial charge on any atom is 0.392 e. The minimum atomic E-state index is -4.34. The van der Waals surface area contributed by atoms with Gasteiger partial charge in [0.15, 0.2) is 0 Å². The Balaban J connectivity index is 1.35. The highest BCUT2D eigenvalue weighted by Gasteiger charge is 2.44. The van der Waals surface area contributed by atoms with Gasteiger partial charge in [0.05, 0.1) is 34.1 Å². The van der Waals surface area contributed by atoms with E-state index in [4.69, 9.17) is 9.52 Å². The first-order valence-electron chi connectivity index (χ1n) is 12.2. The van der Waals surface area contributed by atoms with Crippen molar-refractivity contribution in [2.45, 2.75) is 61.3 Å². The fourth-order valence-electron chi connectivity index (χ4n) is 4.64. The molecule has 1 saturated heterocycles. The summed E-state index contributed by atoms with van der Waals surface area (Å²) in [6, 6.07) is 9.46. The quantitative estimate of drug-likeness (QED) is 0.470. The maximum atomic E-state index is 13.1. The average molecular weight is 523 g/mol. The lowest BCUT2D eigenvalue weighted by atomic mass is 9.93. The van der Waals surface area contributed by atoms with E-state index in [1.54, 1.807) is 18.2 Å². The molecular formula is C25H29F3N4O3S. The van der Waals surface area contributed by atoms with Crippen LogP contribution in [0.25, 0.3) is 0 Å². The molecular weight excluding hydrogens is 493 g/mol. The van der Waals surface area contributed by atoms with Gasteiger partial charge in [-0.15, -0.1) is 0 Å². The van der Waals surface area contributed by atoms with Crippen LogP contribution in [0, 0.1) is 10.2 Å². The van der Waals surface area contributed by atoms with Gasteiger partial charge in [-0.3, -0.25) is 4.79 Å². The van der Waals surface area contributed by atoms with Crippen LogP contribution in [0.3, 0.4) is 0 Å². The standard InChI is InChI=1S/C25H29F3N4O3S/c26-25(27,28)12-15-35-22-3-1-2-20(30-22)23(33)31-19-7-6-18(36(29,34)17-4-5-17)16-21(19)32-13-10-24(8-9-24)11-14-32/h1-3,6-7,16-17,29H,4-5,8-15H2,(H,31,33). The van der Waals surface area contributed by atoms with E-state index in [2.05, 4.69) is 15.2 Å². The lowest BCUT2D eigenvalue weighted by Gasteiger charge is -2.35. The molecule has 3 aliphatic rings. The molecule has 0 bridgehead atoms. The van der Waals surface area contributed by atoms with Crippen molar-refractivity contribution in [3.8, 4) is 5.88 Å². The number of hydrogen-bond acceptors (Lipinski definition) is 6. The Kier molecular flexibility index (Phi) is 6.38. The normalized spacial score (nSPS) is 20.6. The Morgan fingerprint density at radius 3 is 2.53 bits per heavy atom. The van der Waals surface area contributed by atoms with E-state index in [9.17, 15) is 22.2 Å². The van der Waals surface area contributed by atoms with Gasteiger partial charge >= 0.3 is 6.18 Å². The molecule has 36 heavy (non-hydrogen) atoms. The van der Waals surface area contributed by atoms with Gasteiger partial charge in [0.25, 0.3) is 5.91 Å². The molecule has 2 N–H and O–H groups in total. The summed E-state index contributed by atoms with van der Waals surface area (Å²) in [5.74, 6) is -0.596. The number of nitrogens with one attached hydrogen (secondary N) is 2. The fourth-order valence-corrected chi connectivity index (χ4v) is 6.38. The number of rotatable bonds is 8. The van der Waals surface area contributed by atoms with Crippen LogP contribution >= 0.6 is 0 Å². The molecule has 5 rings (SSSR count). The van der Waals surface area contributed by atoms with Crippen LogP contribution in [0.1, 0.15) is 55.4 Å². The smallest absolute Gasteiger partial charge is 0.392 e. The molecule has 7 nitrogen and oxygen atoms in total. The molecule has 3 fully saturated rings. The van der Waals surface area contributed by atoms with Gasteiger partial charge in [0.1, 0.15) is 5.69 Å². The first-order valence-corrected chi connectivity index (χ1v) is 13.8. The zero-order chi connectivity index (χ0) is 25.6. The van der Waals surface area contributed by atoms with Crippen molar-refractivity contribution < 1.29 is 26.9 Å². The van der Waals surface area contributed by atoms with E-state index in [1.165, 1.54) is 31.0 Å². The number of carbonyl (C=O) groups is 1. The van der Waals surface area contributed by atoms with Crippen molar-refractivity contribution in [1.29, 1.82) is 4.78 Å². The Labute approximate surface area is 208 Å². The van der Waals surface area contributed by atoms with Gasteiger partial charge < -0.3 is 15.0 Å². The van der Waals surface area contributed by atoms with Gasteiger partial charge in [-0.2, -0.15) is 13.2 Å². The van der Waals surface area contributed by atoms with Crippen LogP contribution < -0.4 is 15.0 Å². The van der Waals surface area contributed by atoms with E-state index >= 15 is 0 Å². The Hall–Kier alpha value is -2.82. The van der Waals surface area contributed by atoms with Gasteiger partial charge in [0, 0.05) is 29.3 Å². The van der Waals surface area contributed by atoms with Crippen LogP contribution in [0.15, 0.2) is 41.3 Å². The fraction of sp³-hybridized carbons (Fsp3) is 0.520. The Bertz CT molecular complexity index is 1250. The lowest BCUT2D eigenvalue weighted by molar-refractivity contribution is -0.139. The molecule has 2 heterocycles. The SMILES string of the molecule is N=S(=O)(c1ccc(NC(=O)c2cccc(OCCC(F)(F)F)n2)c(N2CCC3(CC2)CC3)c1)C1CC1. The highest BCUT2D eigenvalue weighted by molar-refractivity contribution is 7.93. The van der Waals surface area contributed by atoms with Crippen LogP contribution in [0.4, 0.5) is 24.5 Å². The number of ether oxygens (including phenoxy) is 1. The summed E-state index contributed by atoms with van der Waals surface area (Å²) in [7, 11) is -2.91. The number of alkyl halides is 3. The van der Waals surface area contributed by atoms with E-state index < -0.39 is 34.8 Å². The highest BCUT2D eigenvalue weighted by atomic mass is 32.2. The van der Waals surface area contributed by atoms with E-state index in [1.807, 2.05) is 0 Å². The number of nitrogens with zero attached hydrogens (tertiary/aromatic N) is 2. The van der Waals surface area contributed by atoms with Crippen LogP contribution in [-0.2, 0) is 9.73 Å². The first kappa shape index (κ1) is 24.9. The number of amides is 1. The minimum Gasteiger partial charge on any atom is -0.477 e. The highest BCUT2D eigenvalue weighted by Crippen LogP contribution is 2.54. The molecule has 1 spiro atoms. The maximum absolute atomic E-state index is 13.1. The van der Waals surface area contributed by atoms with Gasteiger partial charge in [0.2, 0.25) is 5.88 Å². The molecule has 1 aromatic heterocycles. The van der Waals surface area contributed by atoms with E-state index in [0.717, 1.165) is 44.5 Å². The van der Waals surface area contributed by atoms with Gasteiger partial charge in [-0.05, 0) is 68.2 Å². The molecule has 1 unspecified atom stereocenters. The van der Waals surface area contributed by atoms with Crippen molar-refractivity contribution in [2.75, 3.05) is 29.9 Å². The Morgan fingerprint density at radius 2 is 1.89 bits per heavy atom. The molecule has 1 amide bonds. The van der Waals surface area contributed by atoms with Crippen molar-refractivity contribution in [2.24, 2.45) is 5.41 Å². The number of benzene rings is 1. The molecule has 11 heteroatoms. The average Bonchev–Trinajstić information content (AvgIpc) is 3.76. The first-order chi connectivity index (χ1) is 17.0. The molecule has 194 valence electrons. The summed E-state index contributed by atoms with van der Waals surface area (Å²) < 4.78 is 63.8. The molecule has 2 saturated carbocycles. The summed E-state index contributed by atoms with van der Waals surface area (Å²) >= 11 is 0. The monoisotopic (exact) mass is 522 g/mol. The second-order valence-corrected chi connectivity index (χ2v) is 12.3. The largest absolute Gasteiger partial charge is 0.477 e. The molecule has 0 radical (unpaired) electrons. The van der Waals surface area contributed by atoms with Crippen molar-refractivity contribution in [3.63, 3.8) is 0 Å². The summed E-state index contributed by atoms with van der Waals surface area (Å²) in [6.07, 6.45) is 0.736. The van der Waals surface area contributed by atoms with E-state index in [-0.39, 0.29) is 16.8 Å². The topological polar surface area (TPSA) is 95.4 Å². The van der Waals surface area contributed by atoms with Crippen LogP contribution in [0.5, 0.6) is 5.88 Å². The molecule has 1 atom stereocenters. The Morgan fingerprint density at radius 1 is 1.17 bits per heavy atom. The summed E-state index contributed by atoms with van der Waals surface area (Å²) in [6.45, 7) is 1.04. The van der Waals surface area contributed by atoms with Gasteiger partial charge in [-0.1, -0.05) is 6.07 Å². The zero-order valence-corrected chi connectivity index (χ0v) is 20.6. The number of hydrogen-bond donors (Lipinski definition) is 2. The summed E-state index contributed by atoms with van der Waals surface area (Å²) in [4.78, 5) is 19.7. The number of carbonyl (C=O) groups excluding carboxylic acids is 1. The number of aromatic nitrogens is 1. The molecule has 1 aromatic carbocycles. The van der Waals surface area contributed by atoms with Gasteiger partial charge in [-0.25, -0.2) is 14.0 Å². The third kappa shape index (κ3) is 5.61. The third-order valence-corrected chi connectivity index (χ3v) is 9.64. The number of halogens is 3. The number of piperidine rings is 1. The van der Waals surface area contributed by atoms with E-state index in [0.29, 0.717) is 16.0 Å². The number of anilines is 2. The minimum absolute atomic E-state index is 0.00683. The van der Waals surface area contributed by atoms with Crippen molar-refractivity contribution >= 4 is 27.0 Å². The zero-order valence-electron chi connectivity index (χ0n) is 19.8. The van der Waals surface area contributed by atoms with Crippen molar-refractivity contribution in [1.82, 2.24) is 4.98 Å². The summed E-state index contributed by atoms with van der Waals surface area (Å²) in [5, 5.41) is 2.74. The molecule has 2 aromatic rings.